The Hall–Kier alpha value is -2.04. The summed E-state index contributed by atoms with van der Waals surface area (Å²) < 4.78 is 12.7. The van der Waals surface area contributed by atoms with E-state index < -0.39 is 0 Å². The Bertz CT molecular complexity index is 704. The predicted molar refractivity (Wildman–Crippen MR) is 113 cm³/mol. The third-order valence-corrected chi connectivity index (χ3v) is 3.82. The molecule has 0 saturated carbocycles. The number of aromatic nitrogens is 3. The Kier molecular flexibility index (Phi) is 9.78. The van der Waals surface area contributed by atoms with Crippen LogP contribution in [0.25, 0.3) is 0 Å². The van der Waals surface area contributed by atoms with Crippen molar-refractivity contribution in [1.82, 2.24) is 25.4 Å². The van der Waals surface area contributed by atoms with Gasteiger partial charge in [0.1, 0.15) is 23.7 Å². The van der Waals surface area contributed by atoms with Gasteiger partial charge in [0, 0.05) is 44.7 Å². The molecule has 0 radical (unpaired) electrons. The number of aliphatic imine (C=N–C) groups is 1. The minimum Gasteiger partial charge on any atom is -0.497 e. The first-order valence-electron chi connectivity index (χ1n) is 8.23. The zero-order valence-electron chi connectivity index (χ0n) is 15.7. The van der Waals surface area contributed by atoms with Crippen LogP contribution < -0.4 is 20.1 Å². The van der Waals surface area contributed by atoms with E-state index in [9.17, 15) is 0 Å². The van der Waals surface area contributed by atoms with Crippen molar-refractivity contribution in [3.63, 3.8) is 0 Å². The third-order valence-electron chi connectivity index (χ3n) is 3.82. The van der Waals surface area contributed by atoms with E-state index in [1.165, 1.54) is 0 Å². The fraction of sp³-hybridized carbons (Fsp3) is 0.471. The van der Waals surface area contributed by atoms with Crippen LogP contribution in [0.15, 0.2) is 29.5 Å². The van der Waals surface area contributed by atoms with Crippen molar-refractivity contribution in [2.45, 2.75) is 26.4 Å². The van der Waals surface area contributed by atoms with Crippen LogP contribution in [0.4, 0.5) is 0 Å². The number of ether oxygens (including phenoxy) is 2. The van der Waals surface area contributed by atoms with Gasteiger partial charge < -0.3 is 24.7 Å². The van der Waals surface area contributed by atoms with Crippen LogP contribution in [-0.2, 0) is 19.5 Å². The third kappa shape index (κ3) is 6.04. The van der Waals surface area contributed by atoms with Gasteiger partial charge in [0.25, 0.3) is 0 Å². The molecule has 2 aromatic rings. The SMILES string of the molecule is CCc1nncn1CCNC(=NC)NCc1ccc(OC)cc1OC.I. The average molecular weight is 474 g/mol. The number of rotatable bonds is 8. The van der Waals surface area contributed by atoms with Gasteiger partial charge in [-0.2, -0.15) is 0 Å². The number of hydrogen-bond acceptors (Lipinski definition) is 5. The first-order valence-corrected chi connectivity index (χ1v) is 8.23. The number of guanidine groups is 1. The van der Waals surface area contributed by atoms with E-state index in [4.69, 9.17) is 9.47 Å². The van der Waals surface area contributed by atoms with Gasteiger partial charge in [-0.1, -0.05) is 6.92 Å². The Morgan fingerprint density at radius 3 is 2.69 bits per heavy atom. The van der Waals surface area contributed by atoms with Crippen molar-refractivity contribution in [3.8, 4) is 11.5 Å². The number of nitrogens with zero attached hydrogens (tertiary/aromatic N) is 4. The number of methoxy groups -OCH3 is 2. The first-order chi connectivity index (χ1) is 12.2. The predicted octanol–water partition coefficient (Wildman–Crippen LogP) is 1.84. The summed E-state index contributed by atoms with van der Waals surface area (Å²) >= 11 is 0. The molecule has 1 heterocycles. The van der Waals surface area contributed by atoms with E-state index in [-0.39, 0.29) is 24.0 Å². The Balaban J connectivity index is 0.00000338. The van der Waals surface area contributed by atoms with Gasteiger partial charge in [-0.3, -0.25) is 4.99 Å². The minimum absolute atomic E-state index is 0. The quantitative estimate of drug-likeness (QED) is 0.345. The van der Waals surface area contributed by atoms with Crippen LogP contribution in [0, 0.1) is 0 Å². The molecule has 0 aliphatic rings. The molecule has 0 amide bonds. The highest BCUT2D eigenvalue weighted by molar-refractivity contribution is 14.0. The number of nitrogens with one attached hydrogen (secondary N) is 2. The standard InChI is InChI=1S/C17H26N6O2.HI/c1-5-16-22-21-12-23(16)9-8-19-17(18-2)20-11-13-6-7-14(24-3)10-15(13)25-4;/h6-7,10,12H,5,8-9,11H2,1-4H3,(H2,18,19,20);1H. The van der Waals surface area contributed by atoms with Gasteiger partial charge >= 0.3 is 0 Å². The Morgan fingerprint density at radius 2 is 2.04 bits per heavy atom. The maximum Gasteiger partial charge on any atom is 0.191 e. The summed E-state index contributed by atoms with van der Waals surface area (Å²) in [6.45, 7) is 4.17. The fourth-order valence-electron chi connectivity index (χ4n) is 2.43. The lowest BCUT2D eigenvalue weighted by atomic mass is 10.2. The second kappa shape index (κ2) is 11.6. The van der Waals surface area contributed by atoms with Gasteiger partial charge in [0.05, 0.1) is 14.2 Å². The molecule has 26 heavy (non-hydrogen) atoms. The molecule has 8 nitrogen and oxygen atoms in total. The van der Waals surface area contributed by atoms with Crippen molar-refractivity contribution in [3.05, 3.63) is 35.9 Å². The zero-order valence-corrected chi connectivity index (χ0v) is 18.0. The van der Waals surface area contributed by atoms with Crippen LogP contribution in [0.1, 0.15) is 18.3 Å². The Labute approximate surface area is 171 Å². The molecule has 0 atom stereocenters. The molecule has 0 fully saturated rings. The maximum absolute atomic E-state index is 5.41. The summed E-state index contributed by atoms with van der Waals surface area (Å²) in [6, 6.07) is 5.75. The molecule has 0 unspecified atom stereocenters. The molecule has 0 aliphatic heterocycles. The molecule has 2 rings (SSSR count). The maximum atomic E-state index is 5.41. The van der Waals surface area contributed by atoms with Gasteiger partial charge in [-0.15, -0.1) is 34.2 Å². The second-order valence-electron chi connectivity index (χ2n) is 5.32. The highest BCUT2D eigenvalue weighted by Crippen LogP contribution is 2.24. The van der Waals surface area contributed by atoms with Gasteiger partial charge in [-0.05, 0) is 12.1 Å². The van der Waals surface area contributed by atoms with Crippen LogP contribution >= 0.6 is 24.0 Å². The van der Waals surface area contributed by atoms with Crippen LogP contribution in [0.5, 0.6) is 11.5 Å². The smallest absolute Gasteiger partial charge is 0.191 e. The van der Waals surface area contributed by atoms with E-state index in [1.54, 1.807) is 27.6 Å². The summed E-state index contributed by atoms with van der Waals surface area (Å²) in [5, 5.41) is 14.6. The number of aryl methyl sites for hydroxylation is 1. The summed E-state index contributed by atoms with van der Waals surface area (Å²) in [5.74, 6) is 3.25. The average Bonchev–Trinajstić information content (AvgIpc) is 3.11. The van der Waals surface area contributed by atoms with E-state index in [0.29, 0.717) is 6.54 Å². The van der Waals surface area contributed by atoms with Gasteiger partial charge in [0.2, 0.25) is 0 Å². The topological polar surface area (TPSA) is 85.6 Å². The molecule has 0 bridgehead atoms. The largest absolute Gasteiger partial charge is 0.497 e. The summed E-state index contributed by atoms with van der Waals surface area (Å²) in [6.07, 6.45) is 2.61. The highest BCUT2D eigenvalue weighted by atomic mass is 127. The summed E-state index contributed by atoms with van der Waals surface area (Å²) in [5.41, 5.74) is 1.03. The lowest BCUT2D eigenvalue weighted by Crippen LogP contribution is -2.38. The van der Waals surface area contributed by atoms with Crippen molar-refractivity contribution in [2.24, 2.45) is 4.99 Å². The lowest BCUT2D eigenvalue weighted by Gasteiger charge is -2.15. The van der Waals surface area contributed by atoms with E-state index in [1.807, 2.05) is 22.8 Å². The van der Waals surface area contributed by atoms with Gasteiger partial charge in [0.15, 0.2) is 5.96 Å². The van der Waals surface area contributed by atoms with E-state index in [2.05, 4.69) is 32.7 Å². The normalized spacial score (nSPS) is 10.8. The molecule has 144 valence electrons. The van der Waals surface area contributed by atoms with E-state index >= 15 is 0 Å². The molecule has 0 saturated heterocycles. The fourth-order valence-corrected chi connectivity index (χ4v) is 2.43. The van der Waals surface area contributed by atoms with Gasteiger partial charge in [-0.25, -0.2) is 0 Å². The molecular weight excluding hydrogens is 447 g/mol. The Morgan fingerprint density at radius 1 is 1.23 bits per heavy atom. The number of halogens is 1. The van der Waals surface area contributed by atoms with E-state index in [0.717, 1.165) is 48.4 Å². The number of benzene rings is 1. The highest BCUT2D eigenvalue weighted by Gasteiger charge is 2.06. The first kappa shape index (κ1) is 22.0. The monoisotopic (exact) mass is 474 g/mol. The molecule has 1 aromatic heterocycles. The minimum atomic E-state index is 0. The molecule has 1 aromatic carbocycles. The molecular formula is C17H27IN6O2. The zero-order chi connectivity index (χ0) is 18.1. The lowest BCUT2D eigenvalue weighted by molar-refractivity contribution is 0.390. The van der Waals surface area contributed by atoms with Crippen molar-refractivity contribution in [1.29, 1.82) is 0 Å². The molecule has 2 N–H and O–H groups in total. The number of hydrogen-bond donors (Lipinski definition) is 2. The summed E-state index contributed by atoms with van der Waals surface area (Å²) in [7, 11) is 5.03. The van der Waals surface area contributed by atoms with Crippen LogP contribution in [0.3, 0.4) is 0 Å². The summed E-state index contributed by atoms with van der Waals surface area (Å²) in [4.78, 5) is 4.24. The molecule has 0 aliphatic carbocycles. The van der Waals surface area contributed by atoms with Crippen molar-refractivity contribution >= 4 is 29.9 Å². The molecule has 9 heteroatoms. The van der Waals surface area contributed by atoms with Crippen LogP contribution in [-0.4, -0.2) is 48.5 Å². The van der Waals surface area contributed by atoms with Crippen molar-refractivity contribution in [2.75, 3.05) is 27.8 Å². The van der Waals surface area contributed by atoms with Crippen LogP contribution in [0.2, 0.25) is 0 Å². The molecule has 0 spiro atoms. The second-order valence-corrected chi connectivity index (χ2v) is 5.32. The van der Waals surface area contributed by atoms with Crippen molar-refractivity contribution < 1.29 is 9.47 Å².